The summed E-state index contributed by atoms with van der Waals surface area (Å²) in [6.45, 7) is 16.8. The smallest absolute Gasteiger partial charge is 0.0934 e. The summed E-state index contributed by atoms with van der Waals surface area (Å²) in [5.74, 6) is 0. The van der Waals surface area contributed by atoms with Gasteiger partial charge in [0.25, 0.3) is 0 Å². The van der Waals surface area contributed by atoms with Crippen molar-refractivity contribution >= 4 is 0 Å². The lowest BCUT2D eigenvalue weighted by Gasteiger charge is -2.32. The van der Waals surface area contributed by atoms with Gasteiger partial charge in [-0.2, -0.15) is 0 Å². The number of likely N-dealkylation sites (N-methyl/N-ethyl adjacent to an activating group) is 1. The molecule has 0 saturated heterocycles. The fourth-order valence-corrected chi connectivity index (χ4v) is 6.19. The van der Waals surface area contributed by atoms with E-state index in [1.54, 1.807) is 5.57 Å². The molecule has 0 N–H and O–H groups in total. The zero-order valence-corrected chi connectivity index (χ0v) is 32.3. The molecule has 0 aromatic rings. The van der Waals surface area contributed by atoms with Crippen molar-refractivity contribution in [3.05, 3.63) is 83.1 Å². The molecule has 0 bridgehead atoms. The van der Waals surface area contributed by atoms with Crippen LogP contribution in [0.15, 0.2) is 83.1 Å². The van der Waals surface area contributed by atoms with Gasteiger partial charge in [-0.15, -0.1) is 0 Å². The molecule has 1 aliphatic rings. The SMILES string of the molecule is CCCCC/C=C/C/C=C/CCCCCCCCOC(COCC/C=C(C)/C=C/C=C(C)/C=C/C1=C(C)CCCC1(C)C)CN(C)C. The molecule has 268 valence electrons. The highest BCUT2D eigenvalue weighted by Gasteiger charge is 2.26. The Labute approximate surface area is 293 Å². The van der Waals surface area contributed by atoms with Crippen LogP contribution in [0.4, 0.5) is 0 Å². The van der Waals surface area contributed by atoms with E-state index in [2.05, 4.69) is 121 Å². The number of hydrogen-bond acceptors (Lipinski definition) is 3. The Morgan fingerprint density at radius 2 is 1.51 bits per heavy atom. The monoisotopic (exact) mass is 650 g/mol. The van der Waals surface area contributed by atoms with E-state index >= 15 is 0 Å². The molecule has 0 spiro atoms. The van der Waals surface area contributed by atoms with E-state index in [-0.39, 0.29) is 11.5 Å². The van der Waals surface area contributed by atoms with Gasteiger partial charge in [0.05, 0.1) is 19.3 Å². The van der Waals surface area contributed by atoms with Crippen molar-refractivity contribution in [2.24, 2.45) is 5.41 Å². The summed E-state index contributed by atoms with van der Waals surface area (Å²) in [6.07, 6.45) is 42.9. The third-order valence-electron chi connectivity index (χ3n) is 9.07. The van der Waals surface area contributed by atoms with E-state index in [1.807, 2.05) is 0 Å². The molecular weight excluding hydrogens is 574 g/mol. The van der Waals surface area contributed by atoms with Gasteiger partial charge < -0.3 is 14.4 Å². The average molecular weight is 650 g/mol. The maximum atomic E-state index is 6.23. The number of hydrogen-bond donors (Lipinski definition) is 0. The maximum Gasteiger partial charge on any atom is 0.0934 e. The minimum Gasteiger partial charge on any atom is -0.378 e. The van der Waals surface area contributed by atoms with Crippen LogP contribution in [0.1, 0.15) is 144 Å². The Morgan fingerprint density at radius 3 is 2.19 bits per heavy atom. The molecule has 1 aliphatic carbocycles. The summed E-state index contributed by atoms with van der Waals surface area (Å²) in [7, 11) is 4.22. The van der Waals surface area contributed by atoms with Crippen molar-refractivity contribution in [1.82, 2.24) is 4.90 Å². The summed E-state index contributed by atoms with van der Waals surface area (Å²) >= 11 is 0. The van der Waals surface area contributed by atoms with Crippen molar-refractivity contribution < 1.29 is 9.47 Å². The molecule has 3 nitrogen and oxygen atoms in total. The normalized spacial score (nSPS) is 17.1. The Balaban J connectivity index is 2.19. The van der Waals surface area contributed by atoms with Crippen LogP contribution in [0.25, 0.3) is 0 Å². The average Bonchev–Trinajstić information content (AvgIpc) is 3.01. The Hall–Kier alpha value is -1.94. The van der Waals surface area contributed by atoms with E-state index in [9.17, 15) is 0 Å². The van der Waals surface area contributed by atoms with Gasteiger partial charge in [0, 0.05) is 13.2 Å². The first kappa shape index (κ1) is 43.1. The molecule has 1 atom stereocenters. The van der Waals surface area contributed by atoms with Crippen LogP contribution in [0.2, 0.25) is 0 Å². The fourth-order valence-electron chi connectivity index (χ4n) is 6.19. The van der Waals surface area contributed by atoms with Crippen LogP contribution < -0.4 is 0 Å². The molecule has 0 aromatic heterocycles. The molecule has 0 fully saturated rings. The quantitative estimate of drug-likeness (QED) is 0.0502. The van der Waals surface area contributed by atoms with Crippen molar-refractivity contribution in [3.63, 3.8) is 0 Å². The third-order valence-corrected chi connectivity index (χ3v) is 9.07. The first-order chi connectivity index (χ1) is 22.7. The summed E-state index contributed by atoms with van der Waals surface area (Å²) in [6, 6.07) is 0. The van der Waals surface area contributed by atoms with Crippen LogP contribution >= 0.6 is 0 Å². The molecular formula is C44H75NO2. The van der Waals surface area contributed by atoms with Crippen molar-refractivity contribution in [2.75, 3.05) is 40.5 Å². The van der Waals surface area contributed by atoms with E-state index < -0.39 is 0 Å². The molecule has 0 heterocycles. The highest BCUT2D eigenvalue weighted by molar-refractivity contribution is 5.37. The molecule has 3 heteroatoms. The van der Waals surface area contributed by atoms with E-state index in [4.69, 9.17) is 9.47 Å². The molecule has 0 saturated carbocycles. The molecule has 0 amide bonds. The van der Waals surface area contributed by atoms with Gasteiger partial charge in [-0.3, -0.25) is 0 Å². The number of nitrogens with zero attached hydrogens (tertiary/aromatic N) is 1. The first-order valence-electron chi connectivity index (χ1n) is 19.2. The Morgan fingerprint density at radius 1 is 0.830 bits per heavy atom. The minimum atomic E-state index is 0.132. The van der Waals surface area contributed by atoms with Gasteiger partial charge in [0.1, 0.15) is 0 Å². The first-order valence-corrected chi connectivity index (χ1v) is 19.2. The van der Waals surface area contributed by atoms with Crippen LogP contribution in [0.5, 0.6) is 0 Å². The molecule has 1 unspecified atom stereocenters. The molecule has 0 aliphatic heterocycles. The van der Waals surface area contributed by atoms with Crippen LogP contribution in [-0.2, 0) is 9.47 Å². The van der Waals surface area contributed by atoms with Gasteiger partial charge in [-0.05, 0) is 110 Å². The highest BCUT2D eigenvalue weighted by Crippen LogP contribution is 2.40. The van der Waals surface area contributed by atoms with Crippen molar-refractivity contribution in [1.29, 1.82) is 0 Å². The van der Waals surface area contributed by atoms with Crippen molar-refractivity contribution in [3.8, 4) is 0 Å². The third kappa shape index (κ3) is 23.9. The zero-order chi connectivity index (χ0) is 34.6. The van der Waals surface area contributed by atoms with E-state index in [0.29, 0.717) is 6.61 Å². The van der Waals surface area contributed by atoms with E-state index in [1.165, 1.54) is 100 Å². The minimum absolute atomic E-state index is 0.132. The second kappa shape index (κ2) is 28.0. The van der Waals surface area contributed by atoms with Gasteiger partial charge in [0.2, 0.25) is 0 Å². The van der Waals surface area contributed by atoms with Crippen molar-refractivity contribution in [2.45, 2.75) is 150 Å². The van der Waals surface area contributed by atoms with Gasteiger partial charge in [-0.25, -0.2) is 0 Å². The van der Waals surface area contributed by atoms with Crippen LogP contribution in [-0.4, -0.2) is 51.5 Å². The number of allylic oxidation sites excluding steroid dienone is 13. The standard InChI is InChI=1S/C44H75NO2/c1-9-10-11-12-13-14-15-16-17-18-19-20-21-22-23-24-36-47-42(37-45(7)8)38-46-35-27-30-39(2)28-25-29-40(3)32-33-43-41(4)31-26-34-44(43,5)6/h13-14,16-17,25,28-30,32-33,42H,9-12,15,18-24,26-27,31,34-38H2,1-8H3/b14-13+,17-16+,28-25+,33-32+,39-30+,40-29+. The van der Waals surface area contributed by atoms with Crippen LogP contribution in [0, 0.1) is 5.41 Å². The largest absolute Gasteiger partial charge is 0.378 e. The summed E-state index contributed by atoms with van der Waals surface area (Å²) < 4.78 is 12.3. The second-order valence-electron chi connectivity index (χ2n) is 14.7. The van der Waals surface area contributed by atoms with Gasteiger partial charge in [-0.1, -0.05) is 137 Å². The Bertz CT molecular complexity index is 1000. The van der Waals surface area contributed by atoms with Gasteiger partial charge in [0.15, 0.2) is 0 Å². The highest BCUT2D eigenvalue weighted by atomic mass is 16.5. The lowest BCUT2D eigenvalue weighted by Crippen LogP contribution is -2.32. The number of rotatable bonds is 27. The predicted octanol–water partition coefficient (Wildman–Crippen LogP) is 12.7. The molecule has 0 aromatic carbocycles. The zero-order valence-electron chi connectivity index (χ0n) is 32.3. The predicted molar refractivity (Wildman–Crippen MR) is 209 cm³/mol. The Kier molecular flexibility index (Phi) is 25.6. The molecule has 47 heavy (non-hydrogen) atoms. The maximum absolute atomic E-state index is 6.23. The number of unbranched alkanes of at least 4 members (excludes halogenated alkanes) is 9. The van der Waals surface area contributed by atoms with E-state index in [0.717, 1.165) is 39.0 Å². The lowest BCUT2D eigenvalue weighted by molar-refractivity contribution is -0.0272. The fraction of sp³-hybridized carbons (Fsp3) is 0.682. The summed E-state index contributed by atoms with van der Waals surface area (Å²) in [5, 5.41) is 0. The summed E-state index contributed by atoms with van der Waals surface area (Å²) in [5.41, 5.74) is 5.91. The summed E-state index contributed by atoms with van der Waals surface area (Å²) in [4.78, 5) is 2.19. The molecule has 1 rings (SSSR count). The van der Waals surface area contributed by atoms with Crippen LogP contribution in [0.3, 0.4) is 0 Å². The lowest BCUT2D eigenvalue weighted by atomic mass is 9.72. The number of ether oxygens (including phenoxy) is 2. The second-order valence-corrected chi connectivity index (χ2v) is 14.7. The molecule has 0 radical (unpaired) electrons. The van der Waals surface area contributed by atoms with Gasteiger partial charge >= 0.3 is 0 Å². The topological polar surface area (TPSA) is 21.7 Å².